The predicted molar refractivity (Wildman–Crippen MR) is 80.3 cm³/mol. The standard InChI is InChI=1S/C13H14BrClFN3O/c1-7(15)13-18-11-5-9(14)10(16)6-12(11)19(13)4-3-17-8(2)20/h5-7H,3-4H2,1-2H3,(H,17,20). The van der Waals surface area contributed by atoms with Gasteiger partial charge in [0.2, 0.25) is 5.91 Å². The number of carbonyl (C=O) groups is 1. The van der Waals surface area contributed by atoms with Crippen LogP contribution in [0.3, 0.4) is 0 Å². The Morgan fingerprint density at radius 3 is 2.90 bits per heavy atom. The number of hydrogen-bond donors (Lipinski definition) is 1. The summed E-state index contributed by atoms with van der Waals surface area (Å²) in [5.41, 5.74) is 1.34. The summed E-state index contributed by atoms with van der Waals surface area (Å²) in [4.78, 5) is 15.4. The fourth-order valence-corrected chi connectivity index (χ4v) is 2.52. The molecule has 0 radical (unpaired) electrons. The fraction of sp³-hybridized carbons (Fsp3) is 0.385. The Hall–Kier alpha value is -1.14. The zero-order valence-corrected chi connectivity index (χ0v) is 13.4. The molecule has 1 heterocycles. The van der Waals surface area contributed by atoms with Gasteiger partial charge < -0.3 is 9.88 Å². The monoisotopic (exact) mass is 361 g/mol. The van der Waals surface area contributed by atoms with Gasteiger partial charge >= 0.3 is 0 Å². The van der Waals surface area contributed by atoms with E-state index in [1.807, 2.05) is 11.5 Å². The Kier molecular flexibility index (Phi) is 4.65. The molecule has 1 N–H and O–H groups in total. The van der Waals surface area contributed by atoms with Crippen LogP contribution in [0, 0.1) is 5.82 Å². The molecule has 2 rings (SSSR count). The van der Waals surface area contributed by atoms with E-state index in [9.17, 15) is 9.18 Å². The molecule has 1 unspecified atom stereocenters. The van der Waals surface area contributed by atoms with Gasteiger partial charge in [-0.25, -0.2) is 9.37 Å². The van der Waals surface area contributed by atoms with Crippen molar-refractivity contribution in [1.82, 2.24) is 14.9 Å². The molecule has 1 aromatic heterocycles. The lowest BCUT2D eigenvalue weighted by Crippen LogP contribution is -2.25. The summed E-state index contributed by atoms with van der Waals surface area (Å²) >= 11 is 9.27. The molecule has 0 saturated carbocycles. The van der Waals surface area contributed by atoms with E-state index in [2.05, 4.69) is 26.2 Å². The largest absolute Gasteiger partial charge is 0.355 e. The van der Waals surface area contributed by atoms with Crippen LogP contribution in [0.2, 0.25) is 0 Å². The maximum atomic E-state index is 13.7. The van der Waals surface area contributed by atoms with Crippen LogP contribution in [0.15, 0.2) is 16.6 Å². The molecule has 0 aliphatic carbocycles. The smallest absolute Gasteiger partial charge is 0.216 e. The van der Waals surface area contributed by atoms with Gasteiger partial charge in [0.15, 0.2) is 0 Å². The van der Waals surface area contributed by atoms with Gasteiger partial charge in [-0.1, -0.05) is 0 Å². The van der Waals surface area contributed by atoms with Crippen molar-refractivity contribution in [3.63, 3.8) is 0 Å². The molecular formula is C13H14BrClFN3O. The number of fused-ring (bicyclic) bond motifs is 1. The molecule has 1 atom stereocenters. The number of aromatic nitrogens is 2. The Bertz CT molecular complexity index is 657. The SMILES string of the molecule is CC(=O)NCCn1c(C(C)Cl)nc2cc(Br)c(F)cc21. The first-order chi connectivity index (χ1) is 9.40. The van der Waals surface area contributed by atoms with Crippen molar-refractivity contribution < 1.29 is 9.18 Å². The topological polar surface area (TPSA) is 46.9 Å². The highest BCUT2D eigenvalue weighted by Gasteiger charge is 2.16. The second-order valence-corrected chi connectivity index (χ2v) is 5.98. The number of amides is 1. The normalized spacial score (nSPS) is 12.7. The van der Waals surface area contributed by atoms with Crippen molar-refractivity contribution in [3.8, 4) is 0 Å². The number of rotatable bonds is 4. The average molecular weight is 363 g/mol. The highest BCUT2D eigenvalue weighted by atomic mass is 79.9. The van der Waals surface area contributed by atoms with Crippen molar-refractivity contribution in [1.29, 1.82) is 0 Å². The van der Waals surface area contributed by atoms with Gasteiger partial charge in [0.1, 0.15) is 11.6 Å². The maximum absolute atomic E-state index is 13.7. The Morgan fingerprint density at radius 2 is 2.30 bits per heavy atom. The Morgan fingerprint density at radius 1 is 1.60 bits per heavy atom. The molecule has 1 aromatic carbocycles. The van der Waals surface area contributed by atoms with Gasteiger partial charge in [-0.15, -0.1) is 11.6 Å². The molecule has 20 heavy (non-hydrogen) atoms. The quantitative estimate of drug-likeness (QED) is 0.848. The molecule has 1 amide bonds. The van der Waals surface area contributed by atoms with Gasteiger partial charge in [0.05, 0.1) is 20.9 Å². The van der Waals surface area contributed by atoms with Crippen molar-refractivity contribution >= 4 is 44.5 Å². The first kappa shape index (κ1) is 15.3. The Labute approximate surface area is 129 Å². The van der Waals surface area contributed by atoms with Gasteiger partial charge in [0.25, 0.3) is 0 Å². The molecule has 108 valence electrons. The number of carbonyl (C=O) groups excluding carboxylic acids is 1. The molecule has 0 aliphatic heterocycles. The third-order valence-electron chi connectivity index (χ3n) is 2.88. The van der Waals surface area contributed by atoms with Gasteiger partial charge in [-0.3, -0.25) is 4.79 Å². The molecular weight excluding hydrogens is 349 g/mol. The van der Waals surface area contributed by atoms with Crippen LogP contribution in [-0.2, 0) is 11.3 Å². The fourth-order valence-electron chi connectivity index (χ4n) is 2.02. The van der Waals surface area contributed by atoms with E-state index in [-0.39, 0.29) is 17.1 Å². The number of halogens is 3. The lowest BCUT2D eigenvalue weighted by molar-refractivity contribution is -0.118. The van der Waals surface area contributed by atoms with Crippen LogP contribution in [-0.4, -0.2) is 22.0 Å². The van der Waals surface area contributed by atoms with Gasteiger partial charge in [-0.05, 0) is 28.9 Å². The number of alkyl halides is 1. The minimum Gasteiger partial charge on any atom is -0.355 e. The Balaban J connectivity index is 2.45. The number of benzene rings is 1. The van der Waals surface area contributed by atoms with Crippen molar-refractivity contribution in [2.24, 2.45) is 0 Å². The van der Waals surface area contributed by atoms with E-state index >= 15 is 0 Å². The molecule has 0 spiro atoms. The lowest BCUT2D eigenvalue weighted by atomic mass is 10.3. The molecule has 2 aromatic rings. The highest BCUT2D eigenvalue weighted by Crippen LogP contribution is 2.28. The van der Waals surface area contributed by atoms with Gasteiger partial charge in [0, 0.05) is 26.1 Å². The summed E-state index contributed by atoms with van der Waals surface area (Å²) in [6.07, 6.45) is 0. The van der Waals surface area contributed by atoms with Gasteiger partial charge in [-0.2, -0.15) is 0 Å². The molecule has 0 bridgehead atoms. The third-order valence-corrected chi connectivity index (χ3v) is 3.69. The highest BCUT2D eigenvalue weighted by molar-refractivity contribution is 9.10. The number of nitrogens with zero attached hydrogens (tertiary/aromatic N) is 2. The van der Waals surface area contributed by atoms with E-state index in [4.69, 9.17) is 11.6 Å². The van der Waals surface area contributed by atoms with Crippen molar-refractivity contribution in [2.75, 3.05) is 6.54 Å². The number of imidazole rings is 1. The zero-order chi connectivity index (χ0) is 14.9. The molecule has 7 heteroatoms. The average Bonchev–Trinajstić information content (AvgIpc) is 2.68. The lowest BCUT2D eigenvalue weighted by Gasteiger charge is -2.10. The summed E-state index contributed by atoms with van der Waals surface area (Å²) < 4.78 is 15.9. The summed E-state index contributed by atoms with van der Waals surface area (Å²) in [5, 5.41) is 2.40. The van der Waals surface area contributed by atoms with Crippen LogP contribution in [0.4, 0.5) is 4.39 Å². The second-order valence-electron chi connectivity index (χ2n) is 4.48. The number of hydrogen-bond acceptors (Lipinski definition) is 2. The molecule has 0 saturated heterocycles. The van der Waals surface area contributed by atoms with E-state index in [1.165, 1.54) is 13.0 Å². The second kappa shape index (κ2) is 6.10. The molecule has 0 fully saturated rings. The van der Waals surface area contributed by atoms with E-state index in [0.717, 1.165) is 0 Å². The molecule has 0 aliphatic rings. The summed E-state index contributed by atoms with van der Waals surface area (Å²) in [7, 11) is 0. The summed E-state index contributed by atoms with van der Waals surface area (Å²) in [6, 6.07) is 3.05. The van der Waals surface area contributed by atoms with E-state index < -0.39 is 0 Å². The van der Waals surface area contributed by atoms with Crippen LogP contribution in [0.1, 0.15) is 25.0 Å². The van der Waals surface area contributed by atoms with Crippen molar-refractivity contribution in [3.05, 3.63) is 28.2 Å². The zero-order valence-electron chi connectivity index (χ0n) is 11.1. The minimum atomic E-state index is -0.355. The molecule has 4 nitrogen and oxygen atoms in total. The van der Waals surface area contributed by atoms with Crippen LogP contribution in [0.5, 0.6) is 0 Å². The maximum Gasteiger partial charge on any atom is 0.216 e. The third kappa shape index (κ3) is 3.12. The van der Waals surface area contributed by atoms with Crippen LogP contribution in [0.25, 0.3) is 11.0 Å². The van der Waals surface area contributed by atoms with E-state index in [0.29, 0.717) is 34.4 Å². The first-order valence-corrected chi connectivity index (χ1v) is 7.36. The number of nitrogens with one attached hydrogen (secondary N) is 1. The van der Waals surface area contributed by atoms with Crippen LogP contribution >= 0.6 is 27.5 Å². The van der Waals surface area contributed by atoms with Crippen LogP contribution < -0.4 is 5.32 Å². The van der Waals surface area contributed by atoms with E-state index in [1.54, 1.807) is 6.07 Å². The minimum absolute atomic E-state index is 0.108. The summed E-state index contributed by atoms with van der Waals surface area (Å²) in [5.74, 6) is 0.195. The summed E-state index contributed by atoms with van der Waals surface area (Å²) in [6.45, 7) is 4.19. The first-order valence-electron chi connectivity index (χ1n) is 6.14. The predicted octanol–water partition coefficient (Wildman–Crippen LogP) is 3.37. The van der Waals surface area contributed by atoms with Crippen molar-refractivity contribution in [2.45, 2.75) is 25.8 Å².